The van der Waals surface area contributed by atoms with Crippen molar-refractivity contribution in [3.05, 3.63) is 0 Å². The molecule has 0 aromatic rings. The lowest BCUT2D eigenvalue weighted by atomic mass is 10.3. The maximum atomic E-state index is 10.5. The Bertz CT molecular complexity index is 183. The van der Waals surface area contributed by atoms with Gasteiger partial charge in [0, 0.05) is 13.0 Å². The summed E-state index contributed by atoms with van der Waals surface area (Å²) in [7, 11) is 0. The van der Waals surface area contributed by atoms with E-state index >= 15 is 0 Å². The molecule has 0 fully saturated rings. The molecule has 0 unspecified atom stereocenters. The molecule has 13 heavy (non-hydrogen) atoms. The van der Waals surface area contributed by atoms with Crippen molar-refractivity contribution in [1.29, 1.82) is 0 Å². The molecular formula is C7H16N4O2. The first-order chi connectivity index (χ1) is 6.04. The molecule has 0 radical (unpaired) electrons. The molecule has 1 atom stereocenters. The number of primary amides is 2. The van der Waals surface area contributed by atoms with Crippen LogP contribution in [0.25, 0.3) is 0 Å². The van der Waals surface area contributed by atoms with Crippen LogP contribution in [0.15, 0.2) is 0 Å². The zero-order chi connectivity index (χ0) is 10.3. The number of carbonyl (C=O) groups excluding carboxylic acids is 2. The summed E-state index contributed by atoms with van der Waals surface area (Å²) < 4.78 is 0. The van der Waals surface area contributed by atoms with Gasteiger partial charge < -0.3 is 11.5 Å². The number of carbonyl (C=O) groups is 2. The lowest BCUT2D eigenvalue weighted by Gasteiger charge is -2.10. The Labute approximate surface area is 77.0 Å². The summed E-state index contributed by atoms with van der Waals surface area (Å²) in [6, 6.07) is -0.423. The third-order valence-corrected chi connectivity index (χ3v) is 1.47. The van der Waals surface area contributed by atoms with Crippen LogP contribution >= 0.6 is 0 Å². The highest BCUT2D eigenvalue weighted by atomic mass is 16.1. The fourth-order valence-electron chi connectivity index (χ4n) is 0.647. The molecule has 0 aromatic heterocycles. The molecule has 6 heteroatoms. The van der Waals surface area contributed by atoms with E-state index in [0.717, 1.165) is 0 Å². The van der Waals surface area contributed by atoms with Crippen LogP contribution in [0.3, 0.4) is 0 Å². The Hall–Kier alpha value is -1.14. The number of nitrogens with two attached hydrogens (primary N) is 2. The van der Waals surface area contributed by atoms with Crippen molar-refractivity contribution >= 4 is 11.8 Å². The average molecular weight is 188 g/mol. The first-order valence-electron chi connectivity index (χ1n) is 4.10. The zero-order valence-corrected chi connectivity index (χ0v) is 7.67. The summed E-state index contributed by atoms with van der Waals surface area (Å²) in [6.07, 6.45) is 0.966. The summed E-state index contributed by atoms with van der Waals surface area (Å²) in [6.45, 7) is 2.21. The van der Waals surface area contributed by atoms with E-state index in [1.807, 2.05) is 0 Å². The van der Waals surface area contributed by atoms with Crippen LogP contribution in [0, 0.1) is 0 Å². The van der Waals surface area contributed by atoms with Crippen molar-refractivity contribution in [1.82, 2.24) is 10.9 Å². The van der Waals surface area contributed by atoms with E-state index in [4.69, 9.17) is 11.5 Å². The quantitative estimate of drug-likeness (QED) is 0.279. The summed E-state index contributed by atoms with van der Waals surface area (Å²) in [5, 5.41) is 0. The molecule has 0 bridgehead atoms. The second-order valence-electron chi connectivity index (χ2n) is 2.77. The van der Waals surface area contributed by atoms with E-state index in [1.165, 1.54) is 0 Å². The molecule has 0 aromatic carbocycles. The van der Waals surface area contributed by atoms with Crippen molar-refractivity contribution in [2.24, 2.45) is 11.5 Å². The van der Waals surface area contributed by atoms with E-state index in [-0.39, 0.29) is 5.91 Å². The van der Waals surface area contributed by atoms with Gasteiger partial charge in [-0.2, -0.15) is 0 Å². The SMILES string of the molecule is C[C@H](NNCCCC(N)=O)C(N)=O. The smallest absolute Gasteiger partial charge is 0.235 e. The van der Waals surface area contributed by atoms with Crippen LogP contribution in [0.1, 0.15) is 19.8 Å². The molecule has 2 amide bonds. The van der Waals surface area contributed by atoms with E-state index in [2.05, 4.69) is 10.9 Å². The minimum Gasteiger partial charge on any atom is -0.370 e. The maximum Gasteiger partial charge on any atom is 0.235 e. The van der Waals surface area contributed by atoms with Crippen LogP contribution < -0.4 is 22.3 Å². The van der Waals surface area contributed by atoms with Gasteiger partial charge in [0.1, 0.15) is 0 Å². The molecule has 0 heterocycles. The van der Waals surface area contributed by atoms with Crippen molar-refractivity contribution in [3.8, 4) is 0 Å². The Balaban J connectivity index is 3.26. The van der Waals surface area contributed by atoms with Gasteiger partial charge in [-0.25, -0.2) is 5.43 Å². The lowest BCUT2D eigenvalue weighted by molar-refractivity contribution is -0.120. The predicted octanol–water partition coefficient (Wildman–Crippen LogP) is -1.78. The van der Waals surface area contributed by atoms with Gasteiger partial charge in [0.25, 0.3) is 0 Å². The van der Waals surface area contributed by atoms with Crippen LogP contribution in [0.2, 0.25) is 0 Å². The van der Waals surface area contributed by atoms with Crippen molar-refractivity contribution < 1.29 is 9.59 Å². The summed E-state index contributed by atoms with van der Waals surface area (Å²) >= 11 is 0. The molecule has 0 spiro atoms. The lowest BCUT2D eigenvalue weighted by Crippen LogP contribution is -2.46. The van der Waals surface area contributed by atoms with Crippen molar-refractivity contribution in [2.75, 3.05) is 6.54 Å². The first-order valence-corrected chi connectivity index (χ1v) is 4.10. The molecular weight excluding hydrogens is 172 g/mol. The number of nitrogens with one attached hydrogen (secondary N) is 2. The predicted molar refractivity (Wildman–Crippen MR) is 48.2 cm³/mol. The van der Waals surface area contributed by atoms with E-state index in [9.17, 15) is 9.59 Å². The molecule has 0 saturated carbocycles. The minimum absolute atomic E-state index is 0.329. The first kappa shape index (κ1) is 11.9. The molecule has 6 N–H and O–H groups in total. The number of hydrogen-bond donors (Lipinski definition) is 4. The number of rotatable bonds is 7. The van der Waals surface area contributed by atoms with Gasteiger partial charge in [0.2, 0.25) is 11.8 Å². The van der Waals surface area contributed by atoms with Crippen molar-refractivity contribution in [3.63, 3.8) is 0 Å². The van der Waals surface area contributed by atoms with Crippen molar-refractivity contribution in [2.45, 2.75) is 25.8 Å². The maximum absolute atomic E-state index is 10.5. The molecule has 0 rings (SSSR count). The van der Waals surface area contributed by atoms with Crippen LogP contribution in [0.5, 0.6) is 0 Å². The van der Waals surface area contributed by atoms with E-state index in [1.54, 1.807) is 6.92 Å². The molecule has 0 saturated heterocycles. The van der Waals surface area contributed by atoms with E-state index in [0.29, 0.717) is 19.4 Å². The highest BCUT2D eigenvalue weighted by Gasteiger charge is 2.05. The Morgan fingerprint density at radius 3 is 2.46 bits per heavy atom. The average Bonchev–Trinajstić information content (AvgIpc) is 2.02. The van der Waals surface area contributed by atoms with Gasteiger partial charge in [0.05, 0.1) is 6.04 Å². The van der Waals surface area contributed by atoms with Gasteiger partial charge in [-0.05, 0) is 13.3 Å². The highest BCUT2D eigenvalue weighted by molar-refractivity contribution is 5.79. The minimum atomic E-state index is -0.428. The fraction of sp³-hybridized carbons (Fsp3) is 0.714. The standard InChI is InChI=1S/C7H16N4O2/c1-5(7(9)13)11-10-4-2-3-6(8)12/h5,10-11H,2-4H2,1H3,(H2,8,12)(H2,9,13)/t5-/m0/s1. The largest absolute Gasteiger partial charge is 0.370 e. The zero-order valence-electron chi connectivity index (χ0n) is 7.67. The molecule has 6 nitrogen and oxygen atoms in total. The molecule has 0 aliphatic rings. The Kier molecular flexibility index (Phi) is 5.82. The topological polar surface area (TPSA) is 110 Å². The number of hydrogen-bond acceptors (Lipinski definition) is 4. The second kappa shape index (κ2) is 6.38. The van der Waals surface area contributed by atoms with Crippen LogP contribution in [-0.4, -0.2) is 24.4 Å². The third kappa shape index (κ3) is 7.23. The number of amides is 2. The normalized spacial score (nSPS) is 12.4. The van der Waals surface area contributed by atoms with Gasteiger partial charge in [-0.3, -0.25) is 15.0 Å². The second-order valence-corrected chi connectivity index (χ2v) is 2.77. The van der Waals surface area contributed by atoms with E-state index < -0.39 is 11.9 Å². The van der Waals surface area contributed by atoms with Gasteiger partial charge in [0.15, 0.2) is 0 Å². The van der Waals surface area contributed by atoms with Gasteiger partial charge in [-0.1, -0.05) is 0 Å². The Morgan fingerprint density at radius 2 is 2.00 bits per heavy atom. The monoisotopic (exact) mass is 188 g/mol. The molecule has 76 valence electrons. The summed E-state index contributed by atoms with van der Waals surface area (Å²) in [5.41, 5.74) is 15.3. The fourth-order valence-corrected chi connectivity index (χ4v) is 0.647. The molecule has 0 aliphatic carbocycles. The van der Waals surface area contributed by atoms with Gasteiger partial charge >= 0.3 is 0 Å². The Morgan fingerprint density at radius 1 is 1.38 bits per heavy atom. The number of hydrazine groups is 1. The van der Waals surface area contributed by atoms with Crippen LogP contribution in [-0.2, 0) is 9.59 Å². The third-order valence-electron chi connectivity index (χ3n) is 1.47. The highest BCUT2D eigenvalue weighted by Crippen LogP contribution is 1.83. The van der Waals surface area contributed by atoms with Gasteiger partial charge in [-0.15, -0.1) is 0 Å². The molecule has 0 aliphatic heterocycles. The van der Waals surface area contributed by atoms with Crippen LogP contribution in [0.4, 0.5) is 0 Å². The summed E-state index contributed by atoms with van der Waals surface area (Å²) in [5.74, 6) is -0.757. The summed E-state index contributed by atoms with van der Waals surface area (Å²) in [4.78, 5) is 20.8.